The fraction of sp³-hybridized carbons (Fsp3) is 0. The Balaban J connectivity index is 1.75. The molecule has 25 heavy (non-hydrogen) atoms. The van der Waals surface area contributed by atoms with Crippen LogP contribution in [0.1, 0.15) is 10.4 Å². The maximum atomic E-state index is 10.9. The zero-order valence-corrected chi connectivity index (χ0v) is 13.1. The van der Waals surface area contributed by atoms with E-state index in [2.05, 4.69) is 15.3 Å². The lowest BCUT2D eigenvalue weighted by Crippen LogP contribution is -2.01. The summed E-state index contributed by atoms with van der Waals surface area (Å²) in [5.41, 5.74) is 3.84. The van der Waals surface area contributed by atoms with Crippen LogP contribution in [-0.4, -0.2) is 25.4 Å². The van der Waals surface area contributed by atoms with Crippen LogP contribution in [0.2, 0.25) is 0 Å². The van der Waals surface area contributed by atoms with Gasteiger partial charge in [-0.25, -0.2) is 14.8 Å². The molecule has 0 fully saturated rings. The summed E-state index contributed by atoms with van der Waals surface area (Å²) in [4.78, 5) is 19.5. The van der Waals surface area contributed by atoms with Gasteiger partial charge in [-0.1, -0.05) is 30.3 Å². The highest BCUT2D eigenvalue weighted by Crippen LogP contribution is 2.27. The Kier molecular flexibility index (Phi) is 3.63. The molecule has 6 heteroatoms. The average molecular weight is 330 g/mol. The highest BCUT2D eigenvalue weighted by Gasteiger charge is 2.09. The smallest absolute Gasteiger partial charge is 0.337 e. The van der Waals surface area contributed by atoms with Crippen molar-refractivity contribution >= 4 is 23.1 Å². The van der Waals surface area contributed by atoms with E-state index in [0.29, 0.717) is 5.82 Å². The molecule has 3 aromatic heterocycles. The molecule has 0 aliphatic heterocycles. The van der Waals surface area contributed by atoms with Crippen molar-refractivity contribution in [3.63, 3.8) is 0 Å². The lowest BCUT2D eigenvalue weighted by molar-refractivity contribution is 0.0696. The number of benzene rings is 1. The molecular weight excluding hydrogens is 316 g/mol. The molecule has 0 saturated carbocycles. The summed E-state index contributed by atoms with van der Waals surface area (Å²) < 4.78 is 1.94. The van der Waals surface area contributed by atoms with Crippen molar-refractivity contribution in [1.82, 2.24) is 14.4 Å². The second kappa shape index (κ2) is 6.09. The number of aromatic carboxylic acids is 1. The van der Waals surface area contributed by atoms with E-state index in [1.165, 1.54) is 12.3 Å². The zero-order valence-electron chi connectivity index (χ0n) is 13.1. The van der Waals surface area contributed by atoms with E-state index in [0.717, 1.165) is 22.5 Å². The first kappa shape index (κ1) is 14.9. The molecule has 0 unspecified atom stereocenters. The van der Waals surface area contributed by atoms with Crippen molar-refractivity contribution in [2.75, 3.05) is 5.32 Å². The van der Waals surface area contributed by atoms with Gasteiger partial charge in [0.15, 0.2) is 5.65 Å². The lowest BCUT2D eigenvalue weighted by atomic mass is 10.1. The summed E-state index contributed by atoms with van der Waals surface area (Å²) >= 11 is 0. The van der Waals surface area contributed by atoms with Crippen LogP contribution in [0.4, 0.5) is 11.5 Å². The van der Waals surface area contributed by atoms with E-state index >= 15 is 0 Å². The summed E-state index contributed by atoms with van der Waals surface area (Å²) in [7, 11) is 0. The Morgan fingerprint density at radius 3 is 2.60 bits per heavy atom. The SMILES string of the molecule is O=C(O)c1ccc(Nc2cc(-c3ccccc3)cn3ccnc23)nc1. The molecule has 0 saturated heterocycles. The minimum absolute atomic E-state index is 0.148. The molecule has 3 heterocycles. The first-order valence-electron chi connectivity index (χ1n) is 7.69. The topological polar surface area (TPSA) is 79.5 Å². The molecule has 1 aromatic carbocycles. The van der Waals surface area contributed by atoms with Crippen molar-refractivity contribution in [3.8, 4) is 11.1 Å². The Morgan fingerprint density at radius 1 is 1.04 bits per heavy atom. The number of carbonyl (C=O) groups is 1. The molecule has 0 bridgehead atoms. The number of fused-ring (bicyclic) bond motifs is 1. The number of imidazole rings is 1. The number of hydrogen-bond donors (Lipinski definition) is 2. The first-order valence-corrected chi connectivity index (χ1v) is 7.69. The third-order valence-electron chi connectivity index (χ3n) is 3.87. The number of rotatable bonds is 4. The second-order valence-corrected chi connectivity index (χ2v) is 5.53. The summed E-state index contributed by atoms with van der Waals surface area (Å²) in [6, 6.07) is 15.2. The van der Waals surface area contributed by atoms with Gasteiger partial charge in [0.2, 0.25) is 0 Å². The van der Waals surface area contributed by atoms with Gasteiger partial charge in [0, 0.05) is 30.4 Å². The van der Waals surface area contributed by atoms with E-state index < -0.39 is 5.97 Å². The minimum Gasteiger partial charge on any atom is -0.478 e. The van der Waals surface area contributed by atoms with E-state index in [9.17, 15) is 4.79 Å². The fourth-order valence-electron chi connectivity index (χ4n) is 2.65. The predicted octanol–water partition coefficient (Wildman–Crippen LogP) is 3.84. The van der Waals surface area contributed by atoms with Crippen molar-refractivity contribution in [2.24, 2.45) is 0 Å². The lowest BCUT2D eigenvalue weighted by Gasteiger charge is -2.10. The maximum Gasteiger partial charge on any atom is 0.337 e. The Labute approximate surface area is 143 Å². The highest BCUT2D eigenvalue weighted by molar-refractivity contribution is 5.87. The number of anilines is 2. The molecule has 2 N–H and O–H groups in total. The van der Waals surface area contributed by atoms with Crippen molar-refractivity contribution in [3.05, 3.63) is 78.9 Å². The molecule has 0 atom stereocenters. The van der Waals surface area contributed by atoms with Crippen LogP contribution in [-0.2, 0) is 0 Å². The van der Waals surface area contributed by atoms with Crippen molar-refractivity contribution in [2.45, 2.75) is 0 Å². The summed E-state index contributed by atoms with van der Waals surface area (Å²) in [6.07, 6.45) is 6.96. The molecule has 122 valence electrons. The minimum atomic E-state index is -0.999. The number of nitrogens with one attached hydrogen (secondary N) is 1. The molecule has 0 amide bonds. The van der Waals surface area contributed by atoms with Gasteiger partial charge in [0.25, 0.3) is 0 Å². The van der Waals surface area contributed by atoms with Gasteiger partial charge < -0.3 is 14.8 Å². The summed E-state index contributed by atoms with van der Waals surface area (Å²) in [5.74, 6) is -0.444. The van der Waals surface area contributed by atoms with E-state index in [1.807, 2.05) is 53.2 Å². The monoisotopic (exact) mass is 330 g/mol. The quantitative estimate of drug-likeness (QED) is 0.594. The number of hydrogen-bond acceptors (Lipinski definition) is 4. The highest BCUT2D eigenvalue weighted by atomic mass is 16.4. The van der Waals surface area contributed by atoms with Crippen LogP contribution >= 0.6 is 0 Å². The fourth-order valence-corrected chi connectivity index (χ4v) is 2.65. The predicted molar refractivity (Wildman–Crippen MR) is 95.1 cm³/mol. The molecule has 0 radical (unpaired) electrons. The van der Waals surface area contributed by atoms with Crippen LogP contribution in [0.5, 0.6) is 0 Å². The molecule has 4 aromatic rings. The van der Waals surface area contributed by atoms with Crippen molar-refractivity contribution < 1.29 is 9.90 Å². The van der Waals surface area contributed by atoms with Crippen LogP contribution in [0, 0.1) is 0 Å². The van der Waals surface area contributed by atoms with Crippen LogP contribution in [0.15, 0.2) is 73.3 Å². The summed E-state index contributed by atoms with van der Waals surface area (Å²) in [6.45, 7) is 0. The Bertz CT molecular complexity index is 1040. The van der Waals surface area contributed by atoms with Crippen LogP contribution < -0.4 is 5.32 Å². The van der Waals surface area contributed by atoms with Gasteiger partial charge >= 0.3 is 5.97 Å². The third kappa shape index (κ3) is 2.92. The standard InChI is InChI=1S/C19H14N4O2/c24-19(25)14-6-7-17(21-11-14)22-16-10-15(13-4-2-1-3-5-13)12-23-9-8-20-18(16)23/h1-12H,(H,21,22)(H,24,25). The number of carboxylic acid groups (broad SMARTS) is 1. The van der Waals surface area contributed by atoms with Gasteiger partial charge in [0.1, 0.15) is 5.82 Å². The molecule has 0 spiro atoms. The molecule has 4 rings (SSSR count). The van der Waals surface area contributed by atoms with Gasteiger partial charge in [0.05, 0.1) is 11.3 Å². The van der Waals surface area contributed by atoms with Gasteiger partial charge in [-0.2, -0.15) is 0 Å². The molecule has 6 nitrogen and oxygen atoms in total. The molecular formula is C19H14N4O2. The average Bonchev–Trinajstić information content (AvgIpc) is 3.12. The third-order valence-corrected chi connectivity index (χ3v) is 3.87. The Morgan fingerprint density at radius 2 is 1.88 bits per heavy atom. The first-order chi connectivity index (χ1) is 12.2. The maximum absolute atomic E-state index is 10.9. The van der Waals surface area contributed by atoms with Crippen LogP contribution in [0.25, 0.3) is 16.8 Å². The van der Waals surface area contributed by atoms with Gasteiger partial charge in [-0.05, 0) is 23.8 Å². The number of aromatic nitrogens is 3. The van der Waals surface area contributed by atoms with Crippen molar-refractivity contribution in [1.29, 1.82) is 0 Å². The number of carboxylic acids is 1. The zero-order chi connectivity index (χ0) is 17.2. The van der Waals surface area contributed by atoms with Gasteiger partial charge in [-0.3, -0.25) is 0 Å². The molecule has 0 aliphatic rings. The van der Waals surface area contributed by atoms with E-state index in [1.54, 1.807) is 12.3 Å². The molecule has 0 aliphatic carbocycles. The Hall–Kier alpha value is -3.67. The summed E-state index contributed by atoms with van der Waals surface area (Å²) in [5, 5.41) is 12.2. The second-order valence-electron chi connectivity index (χ2n) is 5.53. The largest absolute Gasteiger partial charge is 0.478 e. The van der Waals surface area contributed by atoms with E-state index in [4.69, 9.17) is 5.11 Å². The number of pyridine rings is 2. The normalized spacial score (nSPS) is 10.7. The number of nitrogens with zero attached hydrogens (tertiary/aromatic N) is 3. The van der Waals surface area contributed by atoms with Crippen LogP contribution in [0.3, 0.4) is 0 Å². The van der Waals surface area contributed by atoms with E-state index in [-0.39, 0.29) is 5.56 Å². The van der Waals surface area contributed by atoms with Gasteiger partial charge in [-0.15, -0.1) is 0 Å².